The standard InChI is InChI=1S/C15H24N2O2S/c1-2-10-20(18,19)11-9-17(15-7-8-15)14-5-3-13(12-16)4-6-14/h3-6,15H,2,7-12,16H2,1H3. The SMILES string of the molecule is CCCS(=O)(=O)CCN(c1ccc(CN)cc1)C1CC1. The van der Waals surface area contributed by atoms with Gasteiger partial charge in [0.05, 0.1) is 5.75 Å². The largest absolute Gasteiger partial charge is 0.368 e. The maximum atomic E-state index is 11.9. The van der Waals surface area contributed by atoms with Crippen molar-refractivity contribution >= 4 is 15.5 Å². The molecule has 20 heavy (non-hydrogen) atoms. The highest BCUT2D eigenvalue weighted by molar-refractivity contribution is 7.91. The number of anilines is 1. The molecule has 1 aliphatic rings. The van der Waals surface area contributed by atoms with Crippen LogP contribution in [0, 0.1) is 0 Å². The van der Waals surface area contributed by atoms with Gasteiger partial charge in [-0.2, -0.15) is 0 Å². The normalized spacial score (nSPS) is 15.3. The summed E-state index contributed by atoms with van der Waals surface area (Å²) in [4.78, 5) is 2.23. The topological polar surface area (TPSA) is 63.4 Å². The highest BCUT2D eigenvalue weighted by Crippen LogP contribution is 2.31. The predicted octanol–water partition coefficient (Wildman–Crippen LogP) is 1.94. The first kappa shape index (κ1) is 15.3. The second kappa shape index (κ2) is 6.59. The summed E-state index contributed by atoms with van der Waals surface area (Å²) in [6.07, 6.45) is 3.01. The summed E-state index contributed by atoms with van der Waals surface area (Å²) in [6, 6.07) is 8.65. The zero-order valence-corrected chi connectivity index (χ0v) is 12.9. The number of hydrogen-bond acceptors (Lipinski definition) is 4. The van der Waals surface area contributed by atoms with Crippen LogP contribution in [0.3, 0.4) is 0 Å². The zero-order valence-electron chi connectivity index (χ0n) is 12.1. The second-order valence-corrected chi connectivity index (χ2v) is 7.75. The fraction of sp³-hybridized carbons (Fsp3) is 0.600. The fourth-order valence-corrected chi connectivity index (χ4v) is 3.68. The molecule has 0 spiro atoms. The van der Waals surface area contributed by atoms with Crippen LogP contribution in [0.2, 0.25) is 0 Å². The van der Waals surface area contributed by atoms with Crippen molar-refractivity contribution in [3.05, 3.63) is 29.8 Å². The van der Waals surface area contributed by atoms with Gasteiger partial charge in [-0.3, -0.25) is 0 Å². The lowest BCUT2D eigenvalue weighted by Crippen LogP contribution is -2.32. The van der Waals surface area contributed by atoms with Crippen molar-refractivity contribution in [2.24, 2.45) is 5.73 Å². The average Bonchev–Trinajstić information content (AvgIpc) is 3.24. The number of nitrogens with zero attached hydrogens (tertiary/aromatic N) is 1. The van der Waals surface area contributed by atoms with E-state index in [0.717, 1.165) is 24.1 Å². The van der Waals surface area contributed by atoms with Crippen molar-refractivity contribution in [1.29, 1.82) is 0 Å². The van der Waals surface area contributed by atoms with Gasteiger partial charge < -0.3 is 10.6 Å². The Morgan fingerprint density at radius 1 is 1.20 bits per heavy atom. The molecule has 0 bridgehead atoms. The van der Waals surface area contributed by atoms with Crippen LogP contribution < -0.4 is 10.6 Å². The predicted molar refractivity (Wildman–Crippen MR) is 83.6 cm³/mol. The van der Waals surface area contributed by atoms with E-state index in [1.165, 1.54) is 0 Å². The van der Waals surface area contributed by atoms with Crippen molar-refractivity contribution < 1.29 is 8.42 Å². The van der Waals surface area contributed by atoms with E-state index < -0.39 is 9.84 Å². The van der Waals surface area contributed by atoms with Crippen LogP contribution in [0.4, 0.5) is 5.69 Å². The first-order valence-electron chi connectivity index (χ1n) is 7.32. The summed E-state index contributed by atoms with van der Waals surface area (Å²) >= 11 is 0. The van der Waals surface area contributed by atoms with E-state index in [1.54, 1.807) is 0 Å². The summed E-state index contributed by atoms with van der Waals surface area (Å²) in [7, 11) is -2.91. The summed E-state index contributed by atoms with van der Waals surface area (Å²) in [6.45, 7) is 3.03. The molecule has 0 aromatic heterocycles. The Bertz CT molecular complexity index is 521. The Morgan fingerprint density at radius 2 is 1.85 bits per heavy atom. The van der Waals surface area contributed by atoms with Gasteiger partial charge in [0.15, 0.2) is 9.84 Å². The zero-order chi connectivity index (χ0) is 14.6. The third kappa shape index (κ3) is 4.21. The molecule has 4 nitrogen and oxygen atoms in total. The van der Waals surface area contributed by atoms with Gasteiger partial charge in [-0.05, 0) is 37.0 Å². The molecule has 1 saturated carbocycles. The van der Waals surface area contributed by atoms with Gasteiger partial charge in [-0.15, -0.1) is 0 Å². The van der Waals surface area contributed by atoms with Crippen LogP contribution in [0.15, 0.2) is 24.3 Å². The van der Waals surface area contributed by atoms with Crippen LogP contribution >= 0.6 is 0 Å². The molecule has 0 saturated heterocycles. The minimum Gasteiger partial charge on any atom is -0.368 e. The molecule has 1 aromatic rings. The lowest BCUT2D eigenvalue weighted by molar-refractivity contribution is 0.593. The maximum absolute atomic E-state index is 11.9. The molecule has 1 aliphatic carbocycles. The number of sulfone groups is 1. The molecular formula is C15H24N2O2S. The molecular weight excluding hydrogens is 272 g/mol. The van der Waals surface area contributed by atoms with Crippen LogP contribution in [0.5, 0.6) is 0 Å². The molecule has 2 rings (SSSR count). The van der Waals surface area contributed by atoms with E-state index in [1.807, 2.05) is 31.2 Å². The summed E-state index contributed by atoms with van der Waals surface area (Å²) in [5, 5.41) is 0. The lowest BCUT2D eigenvalue weighted by Gasteiger charge is -2.24. The summed E-state index contributed by atoms with van der Waals surface area (Å²) < 4.78 is 23.7. The Hall–Kier alpha value is -1.07. The fourth-order valence-electron chi connectivity index (χ4n) is 2.38. The van der Waals surface area contributed by atoms with E-state index in [-0.39, 0.29) is 11.5 Å². The van der Waals surface area contributed by atoms with Gasteiger partial charge in [0, 0.05) is 30.6 Å². The van der Waals surface area contributed by atoms with Crippen LogP contribution in [0.1, 0.15) is 31.7 Å². The Balaban J connectivity index is 2.03. The monoisotopic (exact) mass is 296 g/mol. The highest BCUT2D eigenvalue weighted by atomic mass is 32.2. The molecule has 0 radical (unpaired) electrons. The number of rotatable bonds is 8. The molecule has 0 unspecified atom stereocenters. The van der Waals surface area contributed by atoms with Gasteiger partial charge in [0.25, 0.3) is 0 Å². The van der Waals surface area contributed by atoms with E-state index in [9.17, 15) is 8.42 Å². The first-order valence-corrected chi connectivity index (χ1v) is 9.14. The van der Waals surface area contributed by atoms with Gasteiger partial charge >= 0.3 is 0 Å². The van der Waals surface area contributed by atoms with Crippen molar-refractivity contribution in [1.82, 2.24) is 0 Å². The van der Waals surface area contributed by atoms with Gasteiger partial charge in [0.2, 0.25) is 0 Å². The van der Waals surface area contributed by atoms with Crippen molar-refractivity contribution in [3.63, 3.8) is 0 Å². The quantitative estimate of drug-likeness (QED) is 0.796. The minimum atomic E-state index is -2.91. The molecule has 0 atom stereocenters. The lowest BCUT2D eigenvalue weighted by atomic mass is 10.2. The van der Waals surface area contributed by atoms with Crippen LogP contribution in [-0.2, 0) is 16.4 Å². The number of hydrogen-bond donors (Lipinski definition) is 1. The molecule has 2 N–H and O–H groups in total. The van der Waals surface area contributed by atoms with Gasteiger partial charge in [-0.1, -0.05) is 19.1 Å². The Morgan fingerprint density at radius 3 is 2.35 bits per heavy atom. The molecule has 0 aliphatic heterocycles. The first-order chi connectivity index (χ1) is 9.55. The van der Waals surface area contributed by atoms with E-state index >= 15 is 0 Å². The second-order valence-electron chi connectivity index (χ2n) is 5.45. The molecule has 0 amide bonds. The molecule has 1 aromatic carbocycles. The molecule has 112 valence electrons. The Labute approximate surface area is 121 Å². The third-order valence-corrected chi connectivity index (χ3v) is 5.48. The highest BCUT2D eigenvalue weighted by Gasteiger charge is 2.29. The minimum absolute atomic E-state index is 0.246. The number of benzene rings is 1. The van der Waals surface area contributed by atoms with Crippen molar-refractivity contribution in [3.8, 4) is 0 Å². The maximum Gasteiger partial charge on any atom is 0.152 e. The smallest absolute Gasteiger partial charge is 0.152 e. The van der Waals surface area contributed by atoms with Crippen molar-refractivity contribution in [2.75, 3.05) is 23.0 Å². The van der Waals surface area contributed by atoms with Crippen LogP contribution in [0.25, 0.3) is 0 Å². The van der Waals surface area contributed by atoms with Gasteiger partial charge in [0.1, 0.15) is 0 Å². The summed E-state index contributed by atoms with van der Waals surface area (Å²) in [5.74, 6) is 0.535. The average molecular weight is 296 g/mol. The molecule has 0 heterocycles. The third-order valence-electron chi connectivity index (χ3n) is 3.65. The Kier molecular flexibility index (Phi) is 5.05. The molecule has 1 fully saturated rings. The number of nitrogens with two attached hydrogens (primary N) is 1. The van der Waals surface area contributed by atoms with Crippen LogP contribution in [-0.4, -0.2) is 32.5 Å². The van der Waals surface area contributed by atoms with E-state index in [2.05, 4.69) is 4.90 Å². The molecule has 5 heteroatoms. The summed E-state index contributed by atoms with van der Waals surface area (Å²) in [5.41, 5.74) is 7.81. The van der Waals surface area contributed by atoms with Crippen molar-refractivity contribution in [2.45, 2.75) is 38.8 Å². The van der Waals surface area contributed by atoms with E-state index in [4.69, 9.17) is 5.73 Å². The van der Waals surface area contributed by atoms with Gasteiger partial charge in [-0.25, -0.2) is 8.42 Å². The van der Waals surface area contributed by atoms with E-state index in [0.29, 0.717) is 25.6 Å².